The maximum Gasteiger partial charge on any atom is 0.157 e. The molecule has 0 amide bonds. The molecule has 4 heteroatoms. The number of phenols is 2. The summed E-state index contributed by atoms with van der Waals surface area (Å²) in [7, 11) is 0. The molecule has 2 aromatic rings. The SMILES string of the molecule is C[C@@H](NCc1ccc(O)c(O)c1)c1ccccc1Cl. The van der Waals surface area contributed by atoms with Gasteiger partial charge < -0.3 is 15.5 Å². The van der Waals surface area contributed by atoms with E-state index in [2.05, 4.69) is 5.32 Å². The van der Waals surface area contributed by atoms with Crippen molar-refractivity contribution < 1.29 is 10.2 Å². The fraction of sp³-hybridized carbons (Fsp3) is 0.200. The summed E-state index contributed by atoms with van der Waals surface area (Å²) in [6, 6.07) is 12.6. The van der Waals surface area contributed by atoms with Crippen LogP contribution in [0.25, 0.3) is 0 Å². The third-order valence-electron chi connectivity index (χ3n) is 3.02. The molecule has 0 heterocycles. The van der Waals surface area contributed by atoms with E-state index in [1.807, 2.05) is 31.2 Å². The predicted octanol–water partition coefficient (Wildman–Crippen LogP) is 3.60. The molecular formula is C15H16ClNO2. The average molecular weight is 278 g/mol. The Morgan fingerprint density at radius 3 is 2.53 bits per heavy atom. The molecule has 2 rings (SSSR count). The van der Waals surface area contributed by atoms with Crippen LogP contribution in [0.5, 0.6) is 11.5 Å². The molecule has 3 N–H and O–H groups in total. The third kappa shape index (κ3) is 3.40. The zero-order chi connectivity index (χ0) is 13.8. The zero-order valence-electron chi connectivity index (χ0n) is 10.6. The van der Waals surface area contributed by atoms with Crippen LogP contribution in [0.3, 0.4) is 0 Å². The second kappa shape index (κ2) is 5.95. The molecule has 0 unspecified atom stereocenters. The van der Waals surface area contributed by atoms with Gasteiger partial charge in [0.15, 0.2) is 11.5 Å². The van der Waals surface area contributed by atoms with Crippen molar-refractivity contribution in [2.45, 2.75) is 19.5 Å². The fourth-order valence-electron chi connectivity index (χ4n) is 1.89. The first-order valence-corrected chi connectivity index (χ1v) is 6.44. The molecule has 0 saturated carbocycles. The van der Waals surface area contributed by atoms with Gasteiger partial charge in [-0.05, 0) is 36.2 Å². The van der Waals surface area contributed by atoms with Crippen molar-refractivity contribution in [2.24, 2.45) is 0 Å². The number of hydrogen-bond donors (Lipinski definition) is 3. The Balaban J connectivity index is 2.02. The summed E-state index contributed by atoms with van der Waals surface area (Å²) < 4.78 is 0. The molecule has 3 nitrogen and oxygen atoms in total. The van der Waals surface area contributed by atoms with Crippen LogP contribution in [0.4, 0.5) is 0 Å². The van der Waals surface area contributed by atoms with Gasteiger partial charge in [-0.1, -0.05) is 35.9 Å². The minimum atomic E-state index is -0.108. The van der Waals surface area contributed by atoms with Crippen molar-refractivity contribution in [3.8, 4) is 11.5 Å². The lowest BCUT2D eigenvalue weighted by Crippen LogP contribution is -2.18. The molecule has 1 atom stereocenters. The molecule has 19 heavy (non-hydrogen) atoms. The van der Waals surface area contributed by atoms with E-state index in [0.717, 1.165) is 16.1 Å². The Morgan fingerprint density at radius 2 is 1.84 bits per heavy atom. The first kappa shape index (κ1) is 13.7. The van der Waals surface area contributed by atoms with Gasteiger partial charge >= 0.3 is 0 Å². The molecule has 0 aliphatic carbocycles. The van der Waals surface area contributed by atoms with Crippen LogP contribution in [0.1, 0.15) is 24.1 Å². The van der Waals surface area contributed by atoms with Crippen molar-refractivity contribution >= 4 is 11.6 Å². The van der Waals surface area contributed by atoms with Gasteiger partial charge in [0.05, 0.1) is 0 Å². The van der Waals surface area contributed by atoms with Crippen LogP contribution in [0.15, 0.2) is 42.5 Å². The summed E-state index contributed by atoms with van der Waals surface area (Å²) in [5.41, 5.74) is 1.93. The number of phenolic OH excluding ortho intramolecular Hbond substituents is 2. The van der Waals surface area contributed by atoms with E-state index in [1.54, 1.807) is 12.1 Å². The molecule has 0 radical (unpaired) electrons. The van der Waals surface area contributed by atoms with Crippen molar-refractivity contribution in [3.63, 3.8) is 0 Å². The van der Waals surface area contributed by atoms with Gasteiger partial charge in [0.1, 0.15) is 0 Å². The van der Waals surface area contributed by atoms with Crippen LogP contribution in [-0.4, -0.2) is 10.2 Å². The summed E-state index contributed by atoms with van der Waals surface area (Å²) in [5.74, 6) is -0.215. The highest BCUT2D eigenvalue weighted by Crippen LogP contribution is 2.26. The van der Waals surface area contributed by atoms with Crippen molar-refractivity contribution in [1.82, 2.24) is 5.32 Å². The number of rotatable bonds is 4. The minimum absolute atomic E-state index is 0.102. The van der Waals surface area contributed by atoms with E-state index in [0.29, 0.717) is 6.54 Å². The normalized spacial score (nSPS) is 12.3. The van der Waals surface area contributed by atoms with Crippen molar-refractivity contribution in [1.29, 1.82) is 0 Å². The standard InChI is InChI=1S/C15H16ClNO2/c1-10(12-4-2-3-5-13(12)16)17-9-11-6-7-14(18)15(19)8-11/h2-8,10,17-19H,9H2,1H3/t10-/m1/s1. The molecule has 100 valence electrons. The van der Waals surface area contributed by atoms with E-state index in [4.69, 9.17) is 11.6 Å². The Hall–Kier alpha value is -1.71. The lowest BCUT2D eigenvalue weighted by molar-refractivity contribution is 0.402. The lowest BCUT2D eigenvalue weighted by Gasteiger charge is -2.15. The zero-order valence-corrected chi connectivity index (χ0v) is 11.4. The molecular weight excluding hydrogens is 262 g/mol. The minimum Gasteiger partial charge on any atom is -0.504 e. The monoisotopic (exact) mass is 277 g/mol. The van der Waals surface area contributed by atoms with E-state index in [1.165, 1.54) is 6.07 Å². The molecule has 0 bridgehead atoms. The van der Waals surface area contributed by atoms with Gasteiger partial charge in [-0.25, -0.2) is 0 Å². The van der Waals surface area contributed by atoms with Gasteiger partial charge in [-0.2, -0.15) is 0 Å². The Bertz CT molecular complexity index is 572. The number of halogens is 1. The summed E-state index contributed by atoms with van der Waals surface area (Å²) in [6.07, 6.45) is 0. The first-order chi connectivity index (χ1) is 9.08. The highest BCUT2D eigenvalue weighted by molar-refractivity contribution is 6.31. The van der Waals surface area contributed by atoms with Gasteiger partial charge in [-0.15, -0.1) is 0 Å². The van der Waals surface area contributed by atoms with E-state index in [-0.39, 0.29) is 17.5 Å². The lowest BCUT2D eigenvalue weighted by atomic mass is 10.1. The van der Waals surface area contributed by atoms with E-state index in [9.17, 15) is 10.2 Å². The van der Waals surface area contributed by atoms with Crippen molar-refractivity contribution in [3.05, 3.63) is 58.6 Å². The fourth-order valence-corrected chi connectivity index (χ4v) is 2.19. The first-order valence-electron chi connectivity index (χ1n) is 6.06. The second-order valence-electron chi connectivity index (χ2n) is 4.45. The smallest absolute Gasteiger partial charge is 0.157 e. The molecule has 0 saturated heterocycles. The topological polar surface area (TPSA) is 52.5 Å². The van der Waals surface area contributed by atoms with Gasteiger partial charge in [0.2, 0.25) is 0 Å². The Morgan fingerprint density at radius 1 is 1.11 bits per heavy atom. The number of hydrogen-bond acceptors (Lipinski definition) is 3. The van der Waals surface area contributed by atoms with Gasteiger partial charge in [-0.3, -0.25) is 0 Å². The average Bonchev–Trinajstić information content (AvgIpc) is 2.40. The number of nitrogens with one attached hydrogen (secondary N) is 1. The van der Waals surface area contributed by atoms with E-state index >= 15 is 0 Å². The Kier molecular flexibility index (Phi) is 4.30. The van der Waals surface area contributed by atoms with Gasteiger partial charge in [0.25, 0.3) is 0 Å². The quantitative estimate of drug-likeness (QED) is 0.749. The van der Waals surface area contributed by atoms with Crippen LogP contribution >= 0.6 is 11.6 Å². The summed E-state index contributed by atoms with van der Waals surface area (Å²) in [6.45, 7) is 2.61. The predicted molar refractivity (Wildman–Crippen MR) is 76.5 cm³/mol. The highest BCUT2D eigenvalue weighted by atomic mass is 35.5. The molecule has 0 aliphatic heterocycles. The van der Waals surface area contributed by atoms with Crippen LogP contribution in [-0.2, 0) is 6.54 Å². The van der Waals surface area contributed by atoms with Crippen LogP contribution in [0, 0.1) is 0 Å². The van der Waals surface area contributed by atoms with Crippen LogP contribution in [0.2, 0.25) is 5.02 Å². The maximum absolute atomic E-state index is 9.43. The maximum atomic E-state index is 9.43. The summed E-state index contributed by atoms with van der Waals surface area (Å²) >= 11 is 6.13. The molecule has 2 aromatic carbocycles. The summed E-state index contributed by atoms with van der Waals surface area (Å²) in [5, 5.41) is 22.7. The molecule has 0 fully saturated rings. The molecule has 0 aromatic heterocycles. The van der Waals surface area contributed by atoms with E-state index < -0.39 is 0 Å². The summed E-state index contributed by atoms with van der Waals surface area (Å²) in [4.78, 5) is 0. The number of benzene rings is 2. The number of aromatic hydroxyl groups is 2. The highest BCUT2D eigenvalue weighted by Gasteiger charge is 2.08. The second-order valence-corrected chi connectivity index (χ2v) is 4.85. The molecule has 0 aliphatic rings. The molecule has 0 spiro atoms. The van der Waals surface area contributed by atoms with Gasteiger partial charge in [0, 0.05) is 17.6 Å². The Labute approximate surface area is 117 Å². The van der Waals surface area contributed by atoms with Crippen LogP contribution < -0.4 is 5.32 Å². The largest absolute Gasteiger partial charge is 0.504 e. The third-order valence-corrected chi connectivity index (χ3v) is 3.37. The van der Waals surface area contributed by atoms with Crippen molar-refractivity contribution in [2.75, 3.05) is 0 Å².